The molecule has 0 fully saturated rings. The van der Waals surface area contributed by atoms with E-state index in [2.05, 4.69) is 20.6 Å². The van der Waals surface area contributed by atoms with Crippen LogP contribution >= 0.6 is 22.9 Å². The van der Waals surface area contributed by atoms with Gasteiger partial charge in [0.05, 0.1) is 0 Å². The zero-order chi connectivity index (χ0) is 15.0. The number of hydrogen-bond donors (Lipinski definition) is 1. The summed E-state index contributed by atoms with van der Waals surface area (Å²) in [6.45, 7) is 3.65. The molecule has 0 bridgehead atoms. The van der Waals surface area contributed by atoms with Crippen molar-refractivity contribution in [2.45, 2.75) is 13.8 Å². The molecule has 1 amide bonds. The molecular formula is C13H12ClN5OS. The van der Waals surface area contributed by atoms with Crippen LogP contribution < -0.4 is 5.32 Å². The molecule has 0 aliphatic carbocycles. The molecule has 2 aromatic heterocycles. The van der Waals surface area contributed by atoms with E-state index in [4.69, 9.17) is 11.6 Å². The van der Waals surface area contributed by atoms with Crippen LogP contribution in [0, 0.1) is 5.92 Å². The maximum atomic E-state index is 11.7. The summed E-state index contributed by atoms with van der Waals surface area (Å²) in [6, 6.07) is 7.31. The molecule has 8 heteroatoms. The first kappa shape index (κ1) is 14.0. The molecule has 3 aromatic rings. The van der Waals surface area contributed by atoms with Gasteiger partial charge in [0, 0.05) is 16.5 Å². The molecule has 1 N–H and O–H groups in total. The Morgan fingerprint density at radius 1 is 1.38 bits per heavy atom. The highest BCUT2D eigenvalue weighted by Crippen LogP contribution is 2.25. The van der Waals surface area contributed by atoms with Gasteiger partial charge in [-0.3, -0.25) is 4.79 Å². The Kier molecular flexibility index (Phi) is 3.60. The van der Waals surface area contributed by atoms with Gasteiger partial charge < -0.3 is 5.32 Å². The van der Waals surface area contributed by atoms with Crippen molar-refractivity contribution < 1.29 is 4.79 Å². The van der Waals surface area contributed by atoms with Crippen molar-refractivity contribution in [2.24, 2.45) is 5.92 Å². The summed E-state index contributed by atoms with van der Waals surface area (Å²) in [5.41, 5.74) is 0.821. The van der Waals surface area contributed by atoms with Gasteiger partial charge in [-0.25, -0.2) is 0 Å². The van der Waals surface area contributed by atoms with E-state index in [0.29, 0.717) is 20.9 Å². The number of hydrogen-bond acceptors (Lipinski definition) is 5. The van der Waals surface area contributed by atoms with E-state index in [9.17, 15) is 4.79 Å². The number of halogens is 1. The quantitative estimate of drug-likeness (QED) is 0.804. The minimum atomic E-state index is -0.105. The first-order valence-corrected chi connectivity index (χ1v) is 7.53. The number of aromatic nitrogens is 4. The number of carbonyl (C=O) groups is 1. The SMILES string of the molecule is CC(C)C(=O)Nc1nn2c(-c3cccc(Cl)c3)nnc2s1. The summed E-state index contributed by atoms with van der Waals surface area (Å²) in [6.07, 6.45) is 0. The Morgan fingerprint density at radius 3 is 2.90 bits per heavy atom. The van der Waals surface area contributed by atoms with E-state index < -0.39 is 0 Å². The van der Waals surface area contributed by atoms with E-state index in [1.54, 1.807) is 16.6 Å². The first-order chi connectivity index (χ1) is 10.0. The zero-order valence-corrected chi connectivity index (χ0v) is 12.9. The van der Waals surface area contributed by atoms with Gasteiger partial charge >= 0.3 is 0 Å². The van der Waals surface area contributed by atoms with Crippen molar-refractivity contribution in [3.63, 3.8) is 0 Å². The highest BCUT2D eigenvalue weighted by Gasteiger charge is 2.16. The fourth-order valence-corrected chi connectivity index (χ4v) is 2.66. The second-order valence-electron chi connectivity index (χ2n) is 4.78. The van der Waals surface area contributed by atoms with Crippen molar-refractivity contribution in [1.82, 2.24) is 19.8 Å². The van der Waals surface area contributed by atoms with Gasteiger partial charge in [-0.2, -0.15) is 4.52 Å². The second-order valence-corrected chi connectivity index (χ2v) is 6.17. The summed E-state index contributed by atoms with van der Waals surface area (Å²) < 4.78 is 1.60. The molecule has 2 heterocycles. The van der Waals surface area contributed by atoms with Crippen LogP contribution in [0.25, 0.3) is 16.3 Å². The number of nitrogens with one attached hydrogen (secondary N) is 1. The normalized spacial score (nSPS) is 11.2. The van der Waals surface area contributed by atoms with Crippen molar-refractivity contribution in [1.29, 1.82) is 0 Å². The van der Waals surface area contributed by atoms with Gasteiger partial charge in [0.2, 0.25) is 16.0 Å². The molecular weight excluding hydrogens is 310 g/mol. The second kappa shape index (κ2) is 5.42. The molecule has 0 radical (unpaired) electrons. The van der Waals surface area contributed by atoms with Crippen molar-refractivity contribution in [3.8, 4) is 11.4 Å². The van der Waals surface area contributed by atoms with Crippen LogP contribution in [0.1, 0.15) is 13.8 Å². The Hall–Kier alpha value is -1.99. The maximum absolute atomic E-state index is 11.7. The molecule has 1 aromatic carbocycles. The van der Waals surface area contributed by atoms with Crippen molar-refractivity contribution >= 4 is 38.9 Å². The number of amides is 1. The number of anilines is 1. The predicted octanol–water partition coefficient (Wildman–Crippen LogP) is 3.10. The van der Waals surface area contributed by atoms with Crippen molar-refractivity contribution in [2.75, 3.05) is 5.32 Å². The number of benzene rings is 1. The Bertz CT molecular complexity index is 810. The molecule has 0 spiro atoms. The minimum Gasteiger partial charge on any atom is -0.300 e. The maximum Gasteiger partial charge on any atom is 0.236 e. The third-order valence-electron chi connectivity index (χ3n) is 2.83. The topological polar surface area (TPSA) is 72.2 Å². The van der Waals surface area contributed by atoms with Gasteiger partial charge in [-0.05, 0) is 12.1 Å². The minimum absolute atomic E-state index is 0.0794. The first-order valence-electron chi connectivity index (χ1n) is 6.33. The van der Waals surface area contributed by atoms with Crippen LogP contribution in [0.2, 0.25) is 5.02 Å². The fraction of sp³-hybridized carbons (Fsp3) is 0.231. The van der Waals surface area contributed by atoms with Crippen LogP contribution in [-0.4, -0.2) is 25.7 Å². The summed E-state index contributed by atoms with van der Waals surface area (Å²) in [5, 5.41) is 16.4. The third kappa shape index (κ3) is 2.74. The number of nitrogens with zero attached hydrogens (tertiary/aromatic N) is 4. The molecule has 0 unspecified atom stereocenters. The van der Waals surface area contributed by atoms with Crippen LogP contribution in [0.5, 0.6) is 0 Å². The molecule has 0 aliphatic heterocycles. The van der Waals surface area contributed by atoms with Crippen LogP contribution in [-0.2, 0) is 4.79 Å². The summed E-state index contributed by atoms with van der Waals surface area (Å²) >= 11 is 7.27. The highest BCUT2D eigenvalue weighted by molar-refractivity contribution is 7.20. The van der Waals surface area contributed by atoms with Gasteiger partial charge in [0.25, 0.3) is 0 Å². The molecule has 0 atom stereocenters. The predicted molar refractivity (Wildman–Crippen MR) is 82.6 cm³/mol. The molecule has 108 valence electrons. The summed E-state index contributed by atoms with van der Waals surface area (Å²) in [5.74, 6) is 0.407. The lowest BCUT2D eigenvalue weighted by Gasteiger charge is -2.02. The van der Waals surface area contributed by atoms with E-state index in [1.165, 1.54) is 11.3 Å². The lowest BCUT2D eigenvalue weighted by Crippen LogP contribution is -2.17. The highest BCUT2D eigenvalue weighted by atomic mass is 35.5. The van der Waals surface area contributed by atoms with Crippen molar-refractivity contribution in [3.05, 3.63) is 29.3 Å². The third-order valence-corrected chi connectivity index (χ3v) is 3.88. The molecule has 0 aliphatic rings. The smallest absolute Gasteiger partial charge is 0.236 e. The Morgan fingerprint density at radius 2 is 2.19 bits per heavy atom. The summed E-state index contributed by atoms with van der Waals surface area (Å²) in [4.78, 5) is 12.3. The van der Waals surface area contributed by atoms with E-state index >= 15 is 0 Å². The number of rotatable bonds is 3. The average molecular weight is 322 g/mol. The van der Waals surface area contributed by atoms with Gasteiger partial charge in [-0.1, -0.05) is 48.9 Å². The average Bonchev–Trinajstić information content (AvgIpc) is 2.98. The van der Waals surface area contributed by atoms with Gasteiger partial charge in [0.15, 0.2) is 5.82 Å². The summed E-state index contributed by atoms with van der Waals surface area (Å²) in [7, 11) is 0. The Labute approximate surface area is 129 Å². The van der Waals surface area contributed by atoms with E-state index in [-0.39, 0.29) is 11.8 Å². The number of carbonyl (C=O) groups excluding carboxylic acids is 1. The molecule has 0 saturated carbocycles. The van der Waals surface area contributed by atoms with Gasteiger partial charge in [0.1, 0.15) is 0 Å². The largest absolute Gasteiger partial charge is 0.300 e. The fourth-order valence-electron chi connectivity index (χ4n) is 1.72. The number of fused-ring (bicyclic) bond motifs is 1. The molecule has 3 rings (SSSR count). The molecule has 21 heavy (non-hydrogen) atoms. The van der Waals surface area contributed by atoms with Gasteiger partial charge in [-0.15, -0.1) is 15.3 Å². The lowest BCUT2D eigenvalue weighted by molar-refractivity contribution is -0.118. The standard InChI is InChI=1S/C13H12ClN5OS/c1-7(2)11(20)15-12-18-19-10(16-17-13(19)21-12)8-4-3-5-9(14)6-8/h3-7H,1-2H3,(H,15,18,20). The van der Waals surface area contributed by atoms with E-state index in [1.807, 2.05) is 26.0 Å². The lowest BCUT2D eigenvalue weighted by atomic mass is 10.2. The van der Waals surface area contributed by atoms with Crippen LogP contribution in [0.4, 0.5) is 5.13 Å². The van der Waals surface area contributed by atoms with Crippen LogP contribution in [0.15, 0.2) is 24.3 Å². The van der Waals surface area contributed by atoms with Crippen LogP contribution in [0.3, 0.4) is 0 Å². The molecule has 0 saturated heterocycles. The molecule has 6 nitrogen and oxygen atoms in total. The zero-order valence-electron chi connectivity index (χ0n) is 11.4. The monoisotopic (exact) mass is 321 g/mol. The Balaban J connectivity index is 1.98. The van der Waals surface area contributed by atoms with E-state index in [0.717, 1.165) is 5.56 Å².